The Balaban J connectivity index is 1.41. The first-order valence-corrected chi connectivity index (χ1v) is 11.6. The lowest BCUT2D eigenvalue weighted by atomic mass is 10.2. The molecule has 0 aliphatic carbocycles. The van der Waals surface area contributed by atoms with E-state index in [1.807, 2.05) is 12.1 Å². The molecule has 1 heterocycles. The highest BCUT2D eigenvalue weighted by Gasteiger charge is 2.13. The van der Waals surface area contributed by atoms with Crippen LogP contribution in [0.5, 0.6) is 5.75 Å². The highest BCUT2D eigenvalue weighted by atomic mass is 79.9. The molecule has 1 amide bonds. The van der Waals surface area contributed by atoms with Crippen LogP contribution in [0.3, 0.4) is 0 Å². The summed E-state index contributed by atoms with van der Waals surface area (Å²) in [7, 11) is 0. The maximum absolute atomic E-state index is 12.3. The molecule has 8 nitrogen and oxygen atoms in total. The molecule has 1 aromatic heterocycles. The number of nitro benzene ring substituents is 1. The summed E-state index contributed by atoms with van der Waals surface area (Å²) in [5, 5.41) is 16.0. The zero-order chi connectivity index (χ0) is 24.2. The van der Waals surface area contributed by atoms with E-state index in [1.54, 1.807) is 36.4 Å². The number of nitrogens with one attached hydrogen (secondary N) is 1. The van der Waals surface area contributed by atoms with Crippen molar-refractivity contribution in [3.63, 3.8) is 0 Å². The van der Waals surface area contributed by atoms with Gasteiger partial charge in [-0.3, -0.25) is 14.9 Å². The van der Waals surface area contributed by atoms with Crippen LogP contribution >= 0.6 is 43.5 Å². The Morgan fingerprint density at radius 1 is 1.18 bits per heavy atom. The minimum Gasteiger partial charge on any atom is -0.486 e. The Morgan fingerprint density at radius 3 is 2.76 bits per heavy atom. The largest absolute Gasteiger partial charge is 0.486 e. The second kappa shape index (κ2) is 10.4. The van der Waals surface area contributed by atoms with Crippen LogP contribution in [0.25, 0.3) is 11.0 Å². The average molecular weight is 608 g/mol. The molecule has 4 rings (SSSR count). The van der Waals surface area contributed by atoms with E-state index in [-0.39, 0.29) is 18.1 Å². The molecule has 1 N–H and O–H groups in total. The van der Waals surface area contributed by atoms with Crippen molar-refractivity contribution in [2.24, 2.45) is 5.10 Å². The zero-order valence-corrected chi connectivity index (χ0v) is 21.1. The minimum absolute atomic E-state index is 0.0182. The van der Waals surface area contributed by atoms with Crippen LogP contribution in [0.1, 0.15) is 21.7 Å². The number of carbonyl (C=O) groups excluding carboxylic acids is 1. The molecule has 0 fully saturated rings. The lowest BCUT2D eigenvalue weighted by Crippen LogP contribution is -2.16. The van der Waals surface area contributed by atoms with Crippen LogP contribution in [-0.2, 0) is 6.61 Å². The van der Waals surface area contributed by atoms with Gasteiger partial charge in [-0.1, -0.05) is 39.7 Å². The van der Waals surface area contributed by atoms with E-state index in [0.29, 0.717) is 32.0 Å². The van der Waals surface area contributed by atoms with E-state index >= 15 is 0 Å². The quantitative estimate of drug-likeness (QED) is 0.140. The molecular weight excluding hydrogens is 594 g/mol. The summed E-state index contributed by atoms with van der Waals surface area (Å²) in [6, 6.07) is 16.6. The third kappa shape index (κ3) is 5.64. The van der Waals surface area contributed by atoms with E-state index in [0.717, 1.165) is 9.86 Å². The number of nitrogens with zero attached hydrogens (tertiary/aromatic N) is 2. The lowest BCUT2D eigenvalue weighted by molar-refractivity contribution is -0.384. The predicted molar refractivity (Wildman–Crippen MR) is 136 cm³/mol. The number of nitro groups is 1. The fourth-order valence-electron chi connectivity index (χ4n) is 3.05. The van der Waals surface area contributed by atoms with Crippen LogP contribution < -0.4 is 10.2 Å². The van der Waals surface area contributed by atoms with Gasteiger partial charge in [-0.25, -0.2) is 5.43 Å². The number of carbonyl (C=O) groups is 1. The molecule has 0 saturated heterocycles. The average Bonchev–Trinajstić information content (AvgIpc) is 3.22. The summed E-state index contributed by atoms with van der Waals surface area (Å²) in [5.74, 6) is 0.0165. The molecule has 0 unspecified atom stereocenters. The van der Waals surface area contributed by atoms with E-state index in [4.69, 9.17) is 20.8 Å². The number of fused-ring (bicyclic) bond motifs is 1. The Kier molecular flexibility index (Phi) is 7.30. The topological polar surface area (TPSA) is 107 Å². The Morgan fingerprint density at radius 2 is 2.00 bits per heavy atom. The number of benzene rings is 3. The van der Waals surface area contributed by atoms with Gasteiger partial charge in [0.25, 0.3) is 5.69 Å². The lowest BCUT2D eigenvalue weighted by Gasteiger charge is -2.11. The number of rotatable bonds is 7. The zero-order valence-electron chi connectivity index (χ0n) is 17.1. The number of non-ortho nitro benzene ring substituents is 1. The number of hydrogen-bond acceptors (Lipinski definition) is 6. The van der Waals surface area contributed by atoms with Crippen LogP contribution in [0.4, 0.5) is 5.69 Å². The Hall–Kier alpha value is -3.21. The molecule has 3 aromatic carbocycles. The molecule has 4 aromatic rings. The highest BCUT2D eigenvalue weighted by Crippen LogP contribution is 2.35. The Labute approximate surface area is 214 Å². The van der Waals surface area contributed by atoms with Crippen molar-refractivity contribution < 1.29 is 18.9 Å². The second-order valence-corrected chi connectivity index (χ2v) is 9.20. The van der Waals surface area contributed by atoms with E-state index in [1.165, 1.54) is 18.3 Å². The monoisotopic (exact) mass is 605 g/mol. The first-order valence-electron chi connectivity index (χ1n) is 9.68. The smallest absolute Gasteiger partial charge is 0.307 e. The second-order valence-electron chi connectivity index (χ2n) is 7.02. The molecule has 0 spiro atoms. The molecule has 0 radical (unpaired) electrons. The molecule has 0 aliphatic rings. The van der Waals surface area contributed by atoms with Crippen molar-refractivity contribution in [3.05, 3.63) is 102 Å². The van der Waals surface area contributed by atoms with Crippen molar-refractivity contribution in [1.29, 1.82) is 0 Å². The van der Waals surface area contributed by atoms with E-state index < -0.39 is 10.8 Å². The first kappa shape index (κ1) is 23.9. The Bertz CT molecular complexity index is 1410. The maximum atomic E-state index is 12.3. The number of hydrazone groups is 1. The molecular formula is C23H14Br2ClN3O5. The standard InChI is InChI=1S/C23H14Br2ClN3O5/c24-16-4-5-20-15(9-16)10-21(34-20)23(30)28-27-11-14-7-18(25)22(19(26)8-14)33-12-13-2-1-3-17(6-13)29(31)32/h1-11H,12H2,(H,28,30)/b27-11+. The molecule has 11 heteroatoms. The number of hydrogen-bond donors (Lipinski definition) is 1. The summed E-state index contributed by atoms with van der Waals surface area (Å²) in [6.45, 7) is 0.0948. The van der Waals surface area contributed by atoms with Gasteiger partial charge >= 0.3 is 5.91 Å². The SMILES string of the molecule is O=C(N/N=C/c1cc(Cl)c(OCc2cccc([N+](=O)[O-])c2)c(Br)c1)c1cc2cc(Br)ccc2o1. The van der Waals surface area contributed by atoms with Gasteiger partial charge in [0, 0.05) is 22.0 Å². The van der Waals surface area contributed by atoms with Crippen LogP contribution in [0, 0.1) is 10.1 Å². The van der Waals surface area contributed by atoms with Crippen LogP contribution in [0.2, 0.25) is 5.02 Å². The van der Waals surface area contributed by atoms with Crippen molar-refractivity contribution >= 4 is 72.2 Å². The predicted octanol–water partition coefficient (Wildman–Crippen LogP) is 6.86. The van der Waals surface area contributed by atoms with E-state index in [9.17, 15) is 14.9 Å². The molecule has 0 saturated carbocycles. The summed E-state index contributed by atoms with van der Waals surface area (Å²) < 4.78 is 12.7. The van der Waals surface area contributed by atoms with Gasteiger partial charge in [0.1, 0.15) is 12.2 Å². The summed E-state index contributed by atoms with van der Waals surface area (Å²) in [5.41, 5.74) is 4.22. The summed E-state index contributed by atoms with van der Waals surface area (Å²) in [4.78, 5) is 22.8. The molecule has 0 aliphatic heterocycles. The molecule has 34 heavy (non-hydrogen) atoms. The van der Waals surface area contributed by atoms with Gasteiger partial charge in [0.15, 0.2) is 11.5 Å². The molecule has 172 valence electrons. The number of halogens is 3. The fraction of sp³-hybridized carbons (Fsp3) is 0.0435. The van der Waals surface area contributed by atoms with Gasteiger partial charge in [-0.15, -0.1) is 0 Å². The van der Waals surface area contributed by atoms with Crippen molar-refractivity contribution in [1.82, 2.24) is 5.43 Å². The number of amides is 1. The van der Waals surface area contributed by atoms with Crippen molar-refractivity contribution in [2.75, 3.05) is 0 Å². The molecule has 0 atom stereocenters. The summed E-state index contributed by atoms with van der Waals surface area (Å²) >= 11 is 13.1. The minimum atomic E-state index is -0.495. The summed E-state index contributed by atoms with van der Waals surface area (Å²) in [6.07, 6.45) is 1.43. The van der Waals surface area contributed by atoms with Gasteiger partial charge in [-0.2, -0.15) is 5.10 Å². The maximum Gasteiger partial charge on any atom is 0.307 e. The van der Waals surface area contributed by atoms with Crippen molar-refractivity contribution in [2.45, 2.75) is 6.61 Å². The normalized spacial score (nSPS) is 11.1. The van der Waals surface area contributed by atoms with Gasteiger partial charge < -0.3 is 9.15 Å². The number of ether oxygens (including phenoxy) is 1. The highest BCUT2D eigenvalue weighted by molar-refractivity contribution is 9.10. The third-order valence-corrected chi connectivity index (χ3v) is 5.97. The van der Waals surface area contributed by atoms with E-state index in [2.05, 4.69) is 42.4 Å². The molecule has 0 bridgehead atoms. The van der Waals surface area contributed by atoms with Gasteiger partial charge in [0.05, 0.1) is 20.6 Å². The first-order chi connectivity index (χ1) is 16.3. The van der Waals surface area contributed by atoms with Crippen LogP contribution in [-0.4, -0.2) is 17.0 Å². The van der Waals surface area contributed by atoms with Crippen LogP contribution in [0.15, 0.2) is 79.1 Å². The number of furan rings is 1. The van der Waals surface area contributed by atoms with Gasteiger partial charge in [0.2, 0.25) is 0 Å². The van der Waals surface area contributed by atoms with Gasteiger partial charge in [-0.05, 0) is 63.5 Å². The third-order valence-electron chi connectivity index (χ3n) is 4.61. The fourth-order valence-corrected chi connectivity index (χ4v) is 4.42. The van der Waals surface area contributed by atoms with Crippen molar-refractivity contribution in [3.8, 4) is 5.75 Å².